The Morgan fingerprint density at radius 1 is 1.30 bits per heavy atom. The Balaban J connectivity index is 2.71. The molecule has 108 valence electrons. The molecular formula is C15H17BrF2N2. The summed E-state index contributed by atoms with van der Waals surface area (Å²) in [5.41, 5.74) is 0.955. The molecule has 1 heterocycles. The largest absolute Gasteiger partial charge is 0.370 e. The summed E-state index contributed by atoms with van der Waals surface area (Å²) in [6.45, 7) is 6.80. The average Bonchev–Trinajstić information content (AvgIpc) is 2.41. The highest BCUT2D eigenvalue weighted by Crippen LogP contribution is 2.32. The van der Waals surface area contributed by atoms with Gasteiger partial charge in [0.2, 0.25) is 0 Å². The summed E-state index contributed by atoms with van der Waals surface area (Å²) in [5, 5.41) is 3.40. The zero-order valence-corrected chi connectivity index (χ0v) is 13.3. The zero-order valence-electron chi connectivity index (χ0n) is 11.7. The maximum absolute atomic E-state index is 14.1. The Labute approximate surface area is 125 Å². The summed E-state index contributed by atoms with van der Waals surface area (Å²) >= 11 is 3.03. The number of fused-ring (bicyclic) bond motifs is 1. The first kappa shape index (κ1) is 15.2. The van der Waals surface area contributed by atoms with Gasteiger partial charge in [0.1, 0.15) is 17.2 Å². The van der Waals surface area contributed by atoms with E-state index in [0.717, 1.165) is 24.6 Å². The molecule has 0 aliphatic carbocycles. The van der Waals surface area contributed by atoms with Crippen LogP contribution in [0.3, 0.4) is 0 Å². The molecule has 0 aliphatic heterocycles. The minimum Gasteiger partial charge on any atom is -0.370 e. The Hall–Kier alpha value is -1.23. The summed E-state index contributed by atoms with van der Waals surface area (Å²) in [4.78, 5) is 4.29. The first-order valence-corrected chi connectivity index (χ1v) is 7.47. The van der Waals surface area contributed by atoms with Crippen molar-refractivity contribution in [3.05, 3.63) is 33.8 Å². The van der Waals surface area contributed by atoms with Crippen molar-refractivity contribution in [3.8, 4) is 0 Å². The third kappa shape index (κ3) is 2.77. The van der Waals surface area contributed by atoms with E-state index in [-0.39, 0.29) is 21.3 Å². The molecule has 0 aliphatic rings. The van der Waals surface area contributed by atoms with Crippen LogP contribution >= 0.6 is 15.9 Å². The fraction of sp³-hybridized carbons (Fsp3) is 0.400. The lowest BCUT2D eigenvalue weighted by molar-refractivity contribution is 0.609. The van der Waals surface area contributed by atoms with Crippen LogP contribution in [0.25, 0.3) is 10.9 Å². The van der Waals surface area contributed by atoms with Gasteiger partial charge in [-0.15, -0.1) is 0 Å². The van der Waals surface area contributed by atoms with E-state index in [0.29, 0.717) is 5.82 Å². The first-order valence-electron chi connectivity index (χ1n) is 6.67. The molecule has 0 radical (unpaired) electrons. The molecule has 1 N–H and O–H groups in total. The summed E-state index contributed by atoms with van der Waals surface area (Å²) in [6, 6.07) is 2.80. The topological polar surface area (TPSA) is 24.9 Å². The lowest BCUT2D eigenvalue weighted by Crippen LogP contribution is -2.07. The molecule has 1 aromatic carbocycles. The lowest BCUT2D eigenvalue weighted by Gasteiger charge is -2.15. The fourth-order valence-corrected chi connectivity index (χ4v) is 2.49. The second-order valence-corrected chi connectivity index (χ2v) is 5.91. The molecule has 2 rings (SSSR count). The average molecular weight is 343 g/mol. The molecule has 1 aromatic heterocycles. The normalized spacial score (nSPS) is 11.3. The number of halogens is 3. The monoisotopic (exact) mass is 342 g/mol. The first-order chi connectivity index (χ1) is 9.45. The number of pyridine rings is 1. The highest BCUT2D eigenvalue weighted by Gasteiger charge is 2.17. The van der Waals surface area contributed by atoms with Gasteiger partial charge in [0.05, 0.1) is 4.47 Å². The number of aromatic nitrogens is 1. The van der Waals surface area contributed by atoms with E-state index in [4.69, 9.17) is 0 Å². The molecule has 2 aromatic rings. The molecule has 0 saturated heterocycles. The van der Waals surface area contributed by atoms with Crippen LogP contribution in [-0.4, -0.2) is 11.5 Å². The summed E-state index contributed by atoms with van der Waals surface area (Å²) in [6.07, 6.45) is 0.939. The quantitative estimate of drug-likeness (QED) is 0.770. The third-order valence-electron chi connectivity index (χ3n) is 3.14. The van der Waals surface area contributed by atoms with Gasteiger partial charge in [-0.05, 0) is 46.0 Å². The van der Waals surface area contributed by atoms with E-state index in [1.54, 1.807) is 6.07 Å². The van der Waals surface area contributed by atoms with E-state index in [1.165, 1.54) is 0 Å². The minimum absolute atomic E-state index is 0.0636. The van der Waals surface area contributed by atoms with Gasteiger partial charge >= 0.3 is 0 Å². The van der Waals surface area contributed by atoms with Crippen molar-refractivity contribution in [1.82, 2.24) is 4.98 Å². The van der Waals surface area contributed by atoms with Crippen LogP contribution in [0.15, 0.2) is 16.6 Å². The van der Waals surface area contributed by atoms with Crippen LogP contribution in [-0.2, 0) is 0 Å². The van der Waals surface area contributed by atoms with Crippen molar-refractivity contribution in [2.45, 2.75) is 33.1 Å². The van der Waals surface area contributed by atoms with Crippen LogP contribution in [0.4, 0.5) is 14.6 Å². The molecule has 0 spiro atoms. The predicted octanol–water partition coefficient (Wildman–Crippen LogP) is 5.22. The highest BCUT2D eigenvalue weighted by atomic mass is 79.9. The summed E-state index contributed by atoms with van der Waals surface area (Å²) < 4.78 is 28.2. The van der Waals surface area contributed by atoms with E-state index in [2.05, 4.69) is 26.2 Å². The summed E-state index contributed by atoms with van der Waals surface area (Å²) in [7, 11) is 0. The standard InChI is InChI=1S/C15H17BrF2N2/c1-4-5-19-15-9(8(2)3)6-10-13(18)11(16)7-12(17)14(10)20-15/h6-8H,4-5H2,1-3H3,(H,19,20). The SMILES string of the molecule is CCCNc1nc2c(F)cc(Br)c(F)c2cc1C(C)C. The van der Waals surface area contributed by atoms with Crippen LogP contribution in [0.1, 0.15) is 38.7 Å². The molecule has 0 bridgehead atoms. The van der Waals surface area contributed by atoms with Crippen LogP contribution in [0.5, 0.6) is 0 Å². The molecule has 0 fully saturated rings. The Bertz CT molecular complexity index is 642. The Morgan fingerprint density at radius 2 is 2.00 bits per heavy atom. The number of rotatable bonds is 4. The molecule has 5 heteroatoms. The molecule has 0 unspecified atom stereocenters. The van der Waals surface area contributed by atoms with Gasteiger partial charge in [0.15, 0.2) is 5.82 Å². The van der Waals surface area contributed by atoms with E-state index in [9.17, 15) is 8.78 Å². The second kappa shape index (κ2) is 6.04. The lowest BCUT2D eigenvalue weighted by atomic mass is 10.0. The van der Waals surface area contributed by atoms with Gasteiger partial charge in [-0.2, -0.15) is 0 Å². The Kier molecular flexibility index (Phi) is 4.58. The maximum Gasteiger partial charge on any atom is 0.150 e. The van der Waals surface area contributed by atoms with E-state index >= 15 is 0 Å². The van der Waals surface area contributed by atoms with Crippen molar-refractivity contribution in [2.75, 3.05) is 11.9 Å². The smallest absolute Gasteiger partial charge is 0.150 e. The molecule has 2 nitrogen and oxygen atoms in total. The van der Waals surface area contributed by atoms with Gasteiger partial charge < -0.3 is 5.32 Å². The number of nitrogens with one attached hydrogen (secondary N) is 1. The van der Waals surface area contributed by atoms with Gasteiger partial charge in [0, 0.05) is 11.9 Å². The summed E-state index contributed by atoms with van der Waals surface area (Å²) in [5.74, 6) is -0.191. The number of hydrogen-bond donors (Lipinski definition) is 1. The van der Waals surface area contributed by atoms with Crippen molar-refractivity contribution in [1.29, 1.82) is 0 Å². The Morgan fingerprint density at radius 3 is 2.60 bits per heavy atom. The predicted molar refractivity (Wildman–Crippen MR) is 82.2 cm³/mol. The van der Waals surface area contributed by atoms with Crippen molar-refractivity contribution < 1.29 is 8.78 Å². The van der Waals surface area contributed by atoms with Gasteiger partial charge in [0.25, 0.3) is 0 Å². The van der Waals surface area contributed by atoms with E-state index < -0.39 is 11.6 Å². The molecule has 20 heavy (non-hydrogen) atoms. The maximum atomic E-state index is 14.1. The van der Waals surface area contributed by atoms with Gasteiger partial charge in [-0.25, -0.2) is 13.8 Å². The fourth-order valence-electron chi connectivity index (χ4n) is 2.07. The van der Waals surface area contributed by atoms with Gasteiger partial charge in [-0.1, -0.05) is 20.8 Å². The highest BCUT2D eigenvalue weighted by molar-refractivity contribution is 9.10. The molecule has 0 amide bonds. The van der Waals surface area contributed by atoms with Crippen LogP contribution in [0, 0.1) is 11.6 Å². The molecular weight excluding hydrogens is 326 g/mol. The van der Waals surface area contributed by atoms with Crippen molar-refractivity contribution >= 4 is 32.7 Å². The van der Waals surface area contributed by atoms with Crippen molar-refractivity contribution in [2.24, 2.45) is 0 Å². The van der Waals surface area contributed by atoms with Crippen LogP contribution < -0.4 is 5.32 Å². The second-order valence-electron chi connectivity index (χ2n) is 5.06. The zero-order chi connectivity index (χ0) is 14.9. The number of hydrogen-bond acceptors (Lipinski definition) is 2. The van der Waals surface area contributed by atoms with E-state index in [1.807, 2.05) is 20.8 Å². The number of benzene rings is 1. The van der Waals surface area contributed by atoms with Crippen LogP contribution in [0.2, 0.25) is 0 Å². The van der Waals surface area contributed by atoms with Crippen molar-refractivity contribution in [3.63, 3.8) is 0 Å². The molecule has 0 atom stereocenters. The number of anilines is 1. The number of nitrogens with zero attached hydrogens (tertiary/aromatic N) is 1. The van der Waals surface area contributed by atoms with Gasteiger partial charge in [-0.3, -0.25) is 0 Å². The third-order valence-corrected chi connectivity index (χ3v) is 3.72. The molecule has 0 saturated carbocycles. The minimum atomic E-state index is -0.525.